The molecule has 3 amide bonds. The zero-order chi connectivity index (χ0) is 62.2. The maximum Gasteiger partial charge on any atom is 0.335 e. The minimum Gasteiger partial charge on any atom is -0.497 e. The lowest BCUT2D eigenvalue weighted by Gasteiger charge is -2.24. The number of carbonyl (C=O) groups excluding carboxylic acids is 3. The highest BCUT2D eigenvalue weighted by Crippen LogP contribution is 2.51. The van der Waals surface area contributed by atoms with Crippen LogP contribution in [0.3, 0.4) is 0 Å². The molecule has 464 valence electrons. The van der Waals surface area contributed by atoms with Crippen LogP contribution in [0.5, 0.6) is 11.5 Å². The number of carboxylic acid groups (broad SMARTS) is 1. The lowest BCUT2D eigenvalue weighted by atomic mass is 9.81. The molecule has 0 atom stereocenters. The molecule has 6 aromatic rings. The van der Waals surface area contributed by atoms with Crippen molar-refractivity contribution in [2.45, 2.75) is 129 Å². The van der Waals surface area contributed by atoms with Gasteiger partial charge < -0.3 is 33.5 Å². The summed E-state index contributed by atoms with van der Waals surface area (Å²) in [5.41, 5.74) is 13.7. The fourth-order valence-corrected chi connectivity index (χ4v) is 15.0. The van der Waals surface area contributed by atoms with Crippen LogP contribution >= 0.6 is 0 Å². The monoisotopic (exact) mass is 1230 g/mol. The molecule has 3 aliphatic heterocycles. The van der Waals surface area contributed by atoms with Gasteiger partial charge in [0, 0.05) is 104 Å². The number of nitrogens with two attached hydrogens (primary N) is 1. The van der Waals surface area contributed by atoms with Crippen LogP contribution in [-0.4, -0.2) is 142 Å². The molecule has 0 saturated heterocycles. The minimum atomic E-state index is -4.02. The molecule has 4 aromatic carbocycles. The summed E-state index contributed by atoms with van der Waals surface area (Å²) < 4.78 is 69.1. The summed E-state index contributed by atoms with van der Waals surface area (Å²) in [7, 11) is 1.97. The Balaban J connectivity index is 0.000000193. The number of unbranched alkanes of at least 4 members (excludes halogenated alkanes) is 1. The van der Waals surface area contributed by atoms with Crippen molar-refractivity contribution in [1.82, 2.24) is 32.3 Å². The number of carbonyl (C=O) groups is 4. The highest BCUT2D eigenvalue weighted by molar-refractivity contribution is 7.87. The third-order valence-electron chi connectivity index (χ3n) is 18.8. The number of likely N-dealkylation sites (N-methyl/N-ethyl adjacent to an activating group) is 2. The molecule has 5 heterocycles. The molecule has 2 fully saturated rings. The van der Waals surface area contributed by atoms with Crippen molar-refractivity contribution < 1.29 is 50.6 Å². The van der Waals surface area contributed by atoms with E-state index in [-0.39, 0.29) is 36.0 Å². The number of nitrogens with one attached hydrogen (secondary N) is 1. The average molecular weight is 1230 g/mol. The van der Waals surface area contributed by atoms with Gasteiger partial charge in [-0.2, -0.15) is 25.4 Å². The quantitative estimate of drug-likeness (QED) is 0.0975. The summed E-state index contributed by atoms with van der Waals surface area (Å²) in [5.74, 6) is 0.258. The zero-order valence-electron chi connectivity index (χ0n) is 51.3. The van der Waals surface area contributed by atoms with Crippen molar-refractivity contribution in [3.63, 3.8) is 0 Å². The van der Waals surface area contributed by atoms with Crippen LogP contribution < -0.4 is 19.3 Å². The van der Waals surface area contributed by atoms with E-state index in [0.717, 1.165) is 132 Å². The molecule has 2 aromatic heterocycles. The second-order valence-electron chi connectivity index (χ2n) is 24.2. The number of methoxy groups -OCH3 is 2. The van der Waals surface area contributed by atoms with Crippen LogP contribution in [0.15, 0.2) is 83.9 Å². The molecule has 0 radical (unpaired) electrons. The van der Waals surface area contributed by atoms with Crippen molar-refractivity contribution in [2.24, 2.45) is 5.14 Å². The Morgan fingerprint density at radius 2 is 1.21 bits per heavy atom. The predicted octanol–water partition coefficient (Wildman–Crippen LogP) is 10.5. The van der Waals surface area contributed by atoms with Crippen molar-refractivity contribution in [3.05, 3.63) is 117 Å². The fraction of sp³-hybridized carbons (Fsp3) is 0.455. The maximum atomic E-state index is 14.2. The number of hydrogen-bond acceptors (Lipinski definition) is 10. The molecular formula is C66H82N8O11S2. The molecule has 2 aliphatic carbocycles. The molecule has 5 aliphatic rings. The Morgan fingerprint density at radius 1 is 0.678 bits per heavy atom. The minimum absolute atomic E-state index is 0.0536. The van der Waals surface area contributed by atoms with E-state index in [9.17, 15) is 41.1 Å². The van der Waals surface area contributed by atoms with Crippen LogP contribution in [0.2, 0.25) is 0 Å². The summed E-state index contributed by atoms with van der Waals surface area (Å²) in [6, 6.07) is 22.9. The number of benzene rings is 4. The van der Waals surface area contributed by atoms with E-state index in [1.54, 1.807) is 55.3 Å². The molecule has 19 nitrogen and oxygen atoms in total. The Morgan fingerprint density at radius 3 is 1.77 bits per heavy atom. The SMILES string of the molecule is COc1ccc2c(c1)C(C)=C(C(=O)N(C)CCCCN(C)S(N)(=O)=O)Cn1c-2c(C2CCCCC2)c2ccc(C(=O)O)cc21.COc1ccc2c(c1)C(C)=C1Cn3c-2c(C2CCCCC2)c2ccc(cc23)C(=O)NS(=O)(=O)N(C)CCCCN(C)C1=O. The number of carboxylic acids is 1. The Labute approximate surface area is 511 Å². The number of aromatic nitrogens is 2. The van der Waals surface area contributed by atoms with Crippen molar-refractivity contribution in [3.8, 4) is 34.0 Å². The molecule has 0 spiro atoms. The largest absolute Gasteiger partial charge is 0.497 e. The number of allylic oxidation sites excluding steroid dienone is 2. The third kappa shape index (κ3) is 12.6. The van der Waals surface area contributed by atoms with Gasteiger partial charge in [0.05, 0.1) is 44.3 Å². The van der Waals surface area contributed by atoms with E-state index < -0.39 is 32.3 Å². The van der Waals surface area contributed by atoms with Crippen LogP contribution in [0.25, 0.3) is 55.5 Å². The normalized spacial score (nSPS) is 18.0. The summed E-state index contributed by atoms with van der Waals surface area (Å²) in [4.78, 5) is 57.1. The summed E-state index contributed by atoms with van der Waals surface area (Å²) >= 11 is 0. The van der Waals surface area contributed by atoms with E-state index in [2.05, 4.69) is 26.0 Å². The van der Waals surface area contributed by atoms with Crippen molar-refractivity contribution in [2.75, 3.05) is 68.6 Å². The second kappa shape index (κ2) is 25.8. The van der Waals surface area contributed by atoms with Crippen molar-refractivity contribution >= 4 is 77.1 Å². The first-order valence-corrected chi connectivity index (χ1v) is 33.3. The summed E-state index contributed by atoms with van der Waals surface area (Å²) in [5, 5.41) is 17.2. The topological polar surface area (TPSA) is 236 Å². The number of hydrogen-bond donors (Lipinski definition) is 3. The second-order valence-corrected chi connectivity index (χ2v) is 27.6. The van der Waals surface area contributed by atoms with E-state index in [0.29, 0.717) is 80.6 Å². The first-order chi connectivity index (χ1) is 41.5. The molecule has 2 saturated carbocycles. The van der Waals surface area contributed by atoms with Crippen molar-refractivity contribution in [1.29, 1.82) is 0 Å². The highest BCUT2D eigenvalue weighted by Gasteiger charge is 2.36. The Bertz CT molecular complexity index is 4000. The number of amides is 3. The predicted molar refractivity (Wildman–Crippen MR) is 340 cm³/mol. The molecule has 21 heteroatoms. The van der Waals surface area contributed by atoms with E-state index in [4.69, 9.17) is 14.6 Å². The van der Waals surface area contributed by atoms with Gasteiger partial charge in [0.2, 0.25) is 0 Å². The Hall–Kier alpha value is -7.30. The lowest BCUT2D eigenvalue weighted by Crippen LogP contribution is -2.42. The Kier molecular flexibility index (Phi) is 18.6. The average Bonchev–Trinajstić information content (AvgIpc) is 1.61. The van der Waals surface area contributed by atoms with Gasteiger partial charge in [-0.25, -0.2) is 14.7 Å². The van der Waals surface area contributed by atoms with Crippen LogP contribution in [0, 0.1) is 0 Å². The summed E-state index contributed by atoms with van der Waals surface area (Å²) in [6.45, 7) is 6.05. The number of nitrogens with zero attached hydrogens (tertiary/aromatic N) is 6. The molecule has 4 N–H and O–H groups in total. The lowest BCUT2D eigenvalue weighted by molar-refractivity contribution is -0.126. The van der Waals surface area contributed by atoms with E-state index in [1.807, 2.05) is 57.3 Å². The first-order valence-electron chi connectivity index (χ1n) is 30.4. The maximum absolute atomic E-state index is 14.2. The van der Waals surface area contributed by atoms with Crippen LogP contribution in [0.4, 0.5) is 0 Å². The van der Waals surface area contributed by atoms with Gasteiger partial charge in [-0.3, -0.25) is 14.4 Å². The van der Waals surface area contributed by atoms with Gasteiger partial charge in [0.25, 0.3) is 27.9 Å². The van der Waals surface area contributed by atoms with Gasteiger partial charge in [-0.15, -0.1) is 0 Å². The van der Waals surface area contributed by atoms with Gasteiger partial charge >= 0.3 is 16.2 Å². The highest BCUT2D eigenvalue weighted by atomic mass is 32.2. The molecule has 4 bridgehead atoms. The number of ether oxygens (including phenoxy) is 2. The molecule has 87 heavy (non-hydrogen) atoms. The zero-order valence-corrected chi connectivity index (χ0v) is 53.0. The number of aromatic carboxylic acids is 1. The number of rotatable bonds is 12. The fourth-order valence-electron chi connectivity index (χ4n) is 13.7. The number of fused-ring (bicyclic) bond motifs is 9. The molecule has 11 rings (SSSR count). The van der Waals surface area contributed by atoms with Gasteiger partial charge in [-0.05, 0) is 171 Å². The van der Waals surface area contributed by atoms with Crippen LogP contribution in [-0.2, 0) is 43.1 Å². The molecule has 0 unspecified atom stereocenters. The van der Waals surface area contributed by atoms with Gasteiger partial charge in [0.15, 0.2) is 0 Å². The van der Waals surface area contributed by atoms with E-state index in [1.165, 1.54) is 38.1 Å². The van der Waals surface area contributed by atoms with Crippen LogP contribution in [0.1, 0.15) is 159 Å². The van der Waals surface area contributed by atoms with Gasteiger partial charge in [-0.1, -0.05) is 50.7 Å². The summed E-state index contributed by atoms with van der Waals surface area (Å²) in [6.07, 6.45) is 13.7. The molecular weight excluding hydrogens is 1140 g/mol. The van der Waals surface area contributed by atoms with Gasteiger partial charge in [0.1, 0.15) is 11.5 Å². The first kappa shape index (κ1) is 62.7. The van der Waals surface area contributed by atoms with E-state index >= 15 is 0 Å². The third-order valence-corrected chi connectivity index (χ3v) is 21.3. The smallest absolute Gasteiger partial charge is 0.335 e. The standard InChI is InChI=1S/C33H42N4O6S.C33H40N4O5S/c1-21-27-19-24(43-4)13-15-25(27)31-30(22-10-6-5-7-11-22)26-14-12-23(33(39)40)18-29(26)37(31)20-28(21)32(38)35(2)16-8-9-17-36(3)44(34,41)42;1-21-27-19-24(42-4)13-15-25(27)31-30(22-10-6-5-7-11-22)26-14-12-23-18-29(26)37(31)20-28(21)33(39)35(2)16-8-9-17-36(3)43(40,41)34-32(23)38/h12-15,18-19,22H,5-11,16-17,20H2,1-4H3,(H,39,40)(H2,34,41,42);12-15,18-19,22H,5-11,16-17,20H2,1-4H3,(H,34,38).